The fourth-order valence-electron chi connectivity index (χ4n) is 3.26. The minimum Gasteiger partial charge on any atom is -0.463 e. The van der Waals surface area contributed by atoms with Gasteiger partial charge >= 0.3 is 5.97 Å². The lowest BCUT2D eigenvalue weighted by Gasteiger charge is -2.23. The third-order valence-corrected chi connectivity index (χ3v) is 7.05. The molecule has 2 aromatic heterocycles. The number of carbonyl (C=O) groups excluding carboxylic acids is 1. The number of hydrogen-bond donors (Lipinski definition) is 0. The van der Waals surface area contributed by atoms with Gasteiger partial charge in [-0.05, 0) is 71.7 Å². The van der Waals surface area contributed by atoms with Gasteiger partial charge in [0.25, 0.3) is 5.56 Å². The molecular weight excluding hydrogens is 519 g/mol. The quantitative estimate of drug-likeness (QED) is 0.379. The van der Waals surface area contributed by atoms with Crippen molar-refractivity contribution in [2.75, 3.05) is 6.61 Å². The molecule has 0 amide bonds. The number of nitrogens with zero attached hydrogens (tertiary/aromatic N) is 2. The van der Waals surface area contributed by atoms with Crippen LogP contribution in [0.15, 0.2) is 62.8 Å². The van der Waals surface area contributed by atoms with E-state index in [0.29, 0.717) is 20.6 Å². The van der Waals surface area contributed by atoms with Crippen LogP contribution in [0.4, 0.5) is 0 Å². The van der Waals surface area contributed by atoms with E-state index in [1.54, 1.807) is 18.4 Å². The van der Waals surface area contributed by atoms with Gasteiger partial charge in [-0.3, -0.25) is 9.36 Å². The van der Waals surface area contributed by atoms with Gasteiger partial charge < -0.3 is 4.74 Å². The van der Waals surface area contributed by atoms with Crippen molar-refractivity contribution in [3.63, 3.8) is 0 Å². The average molecular weight is 536 g/mol. The van der Waals surface area contributed by atoms with Gasteiger partial charge in [0.1, 0.15) is 6.04 Å². The van der Waals surface area contributed by atoms with E-state index in [4.69, 9.17) is 4.74 Å². The lowest BCUT2D eigenvalue weighted by atomic mass is 10.0. The maximum absolute atomic E-state index is 13.4. The molecule has 1 atom stereocenters. The first kappa shape index (κ1) is 20.2. The van der Waals surface area contributed by atoms with Crippen LogP contribution in [0.5, 0.6) is 0 Å². The second-order valence-electron chi connectivity index (χ2n) is 6.37. The maximum Gasteiger partial charge on any atom is 0.338 e. The topological polar surface area (TPSA) is 60.7 Å². The molecule has 0 N–H and O–H groups in total. The number of ether oxygens (including phenoxy) is 1. The Morgan fingerprint density at radius 2 is 2.17 bits per heavy atom. The molecule has 1 aliphatic rings. The molecule has 0 fully saturated rings. The van der Waals surface area contributed by atoms with E-state index in [1.165, 1.54) is 22.7 Å². The fourth-order valence-corrected chi connectivity index (χ4v) is 5.69. The van der Waals surface area contributed by atoms with Crippen LogP contribution in [0.1, 0.15) is 30.3 Å². The summed E-state index contributed by atoms with van der Waals surface area (Å²) in [5.74, 6) is -0.431. The van der Waals surface area contributed by atoms with Crippen molar-refractivity contribution in [3.8, 4) is 0 Å². The van der Waals surface area contributed by atoms with E-state index in [-0.39, 0.29) is 12.2 Å². The zero-order valence-electron chi connectivity index (χ0n) is 15.7. The molecule has 0 saturated heterocycles. The van der Waals surface area contributed by atoms with Gasteiger partial charge in [-0.2, -0.15) is 0 Å². The van der Waals surface area contributed by atoms with E-state index in [0.717, 1.165) is 14.0 Å². The van der Waals surface area contributed by atoms with E-state index >= 15 is 0 Å². The number of thiazole rings is 1. The van der Waals surface area contributed by atoms with Crippen LogP contribution in [0.25, 0.3) is 6.08 Å². The van der Waals surface area contributed by atoms with Crippen molar-refractivity contribution in [1.29, 1.82) is 0 Å². The summed E-state index contributed by atoms with van der Waals surface area (Å²) in [5, 5.41) is 1.94. The summed E-state index contributed by atoms with van der Waals surface area (Å²) in [6, 6.07) is 11.3. The molecule has 3 aromatic rings. The number of esters is 1. The van der Waals surface area contributed by atoms with Crippen molar-refractivity contribution < 1.29 is 9.53 Å². The first-order valence-electron chi connectivity index (χ1n) is 8.98. The summed E-state index contributed by atoms with van der Waals surface area (Å²) in [6.45, 7) is 3.83. The average Bonchev–Trinajstić information content (AvgIpc) is 3.30. The third kappa shape index (κ3) is 3.88. The minimum atomic E-state index is -0.525. The summed E-state index contributed by atoms with van der Waals surface area (Å²) < 4.78 is 8.58. The fraction of sp³-hybridized carbons (Fsp3) is 0.190. The van der Waals surface area contributed by atoms with Crippen LogP contribution in [-0.4, -0.2) is 17.1 Å². The van der Waals surface area contributed by atoms with E-state index in [1.807, 2.05) is 47.9 Å². The zero-order chi connectivity index (χ0) is 20.5. The monoisotopic (exact) mass is 536 g/mol. The molecule has 0 unspecified atom stereocenters. The predicted octanol–water partition coefficient (Wildman–Crippen LogP) is 3.46. The molecular formula is C21H17IN2O3S2. The van der Waals surface area contributed by atoms with Gasteiger partial charge in [-0.25, -0.2) is 9.79 Å². The molecule has 0 aliphatic carbocycles. The molecule has 0 bridgehead atoms. The van der Waals surface area contributed by atoms with Crippen LogP contribution in [0.3, 0.4) is 0 Å². The molecule has 148 valence electrons. The first-order valence-corrected chi connectivity index (χ1v) is 11.8. The number of rotatable bonds is 4. The first-order chi connectivity index (χ1) is 14.0. The zero-order valence-corrected chi connectivity index (χ0v) is 19.5. The van der Waals surface area contributed by atoms with Crippen LogP contribution < -0.4 is 14.9 Å². The van der Waals surface area contributed by atoms with Crippen molar-refractivity contribution >= 4 is 57.3 Å². The van der Waals surface area contributed by atoms with E-state index in [2.05, 4.69) is 27.6 Å². The van der Waals surface area contributed by atoms with Crippen LogP contribution >= 0.6 is 45.3 Å². The maximum atomic E-state index is 13.4. The summed E-state index contributed by atoms with van der Waals surface area (Å²) in [7, 11) is 0. The number of hydrogen-bond acceptors (Lipinski definition) is 6. The summed E-state index contributed by atoms with van der Waals surface area (Å²) in [4.78, 5) is 32.1. The highest BCUT2D eigenvalue weighted by molar-refractivity contribution is 14.1. The molecule has 5 nitrogen and oxygen atoms in total. The lowest BCUT2D eigenvalue weighted by molar-refractivity contribution is -0.139. The van der Waals surface area contributed by atoms with Gasteiger partial charge in [-0.15, -0.1) is 11.3 Å². The van der Waals surface area contributed by atoms with E-state index < -0.39 is 12.0 Å². The number of benzene rings is 1. The Balaban J connectivity index is 1.94. The Kier molecular flexibility index (Phi) is 5.84. The molecule has 1 aliphatic heterocycles. The normalized spacial score (nSPS) is 16.5. The standard InChI is InChI=1S/C21H17IN2O3S2/c1-3-27-20(26)17-12(2)23-21-24(18(17)15-8-5-9-28-15)19(25)16(29-21)11-13-6-4-7-14(22)10-13/h4-11,18H,3H2,1-2H3/b16-11+/t18-/m0/s1. The number of carbonyl (C=O) groups is 1. The Hall–Kier alpha value is -2.04. The molecule has 1 aromatic carbocycles. The van der Waals surface area contributed by atoms with Crippen molar-refractivity contribution in [2.45, 2.75) is 19.9 Å². The summed E-state index contributed by atoms with van der Waals surface area (Å²) >= 11 is 5.10. The third-order valence-electron chi connectivity index (χ3n) is 4.48. The SMILES string of the molecule is CCOC(=O)C1=C(C)N=c2s/c(=C/c3cccc(I)c3)c(=O)n2[C@H]1c1cccs1. The van der Waals surface area contributed by atoms with Gasteiger partial charge in [0, 0.05) is 8.45 Å². The van der Waals surface area contributed by atoms with Crippen LogP contribution in [-0.2, 0) is 9.53 Å². The number of fused-ring (bicyclic) bond motifs is 1. The number of aromatic nitrogens is 1. The Bertz CT molecular complexity index is 1290. The Morgan fingerprint density at radius 3 is 2.86 bits per heavy atom. The lowest BCUT2D eigenvalue weighted by Crippen LogP contribution is -2.39. The number of allylic oxidation sites excluding steroid dienone is 1. The second-order valence-corrected chi connectivity index (χ2v) is 9.61. The highest BCUT2D eigenvalue weighted by Gasteiger charge is 2.33. The van der Waals surface area contributed by atoms with Gasteiger partial charge in [0.05, 0.1) is 22.4 Å². The predicted molar refractivity (Wildman–Crippen MR) is 124 cm³/mol. The van der Waals surface area contributed by atoms with Gasteiger partial charge in [0.2, 0.25) is 0 Å². The molecule has 0 spiro atoms. The van der Waals surface area contributed by atoms with Crippen molar-refractivity contribution in [2.24, 2.45) is 4.99 Å². The molecule has 8 heteroatoms. The molecule has 29 heavy (non-hydrogen) atoms. The highest BCUT2D eigenvalue weighted by atomic mass is 127. The minimum absolute atomic E-state index is 0.152. The Labute approximate surface area is 188 Å². The van der Waals surface area contributed by atoms with Gasteiger partial charge in [0.15, 0.2) is 4.80 Å². The molecule has 0 radical (unpaired) electrons. The molecule has 4 rings (SSSR count). The second kappa shape index (κ2) is 8.37. The van der Waals surface area contributed by atoms with Crippen LogP contribution in [0, 0.1) is 3.57 Å². The largest absolute Gasteiger partial charge is 0.463 e. The van der Waals surface area contributed by atoms with Crippen molar-refractivity contribution in [3.05, 3.63) is 86.7 Å². The summed E-state index contributed by atoms with van der Waals surface area (Å²) in [6.07, 6.45) is 1.88. The molecule has 0 saturated carbocycles. The van der Waals surface area contributed by atoms with Crippen molar-refractivity contribution in [1.82, 2.24) is 4.57 Å². The Morgan fingerprint density at radius 1 is 1.34 bits per heavy atom. The highest BCUT2D eigenvalue weighted by Crippen LogP contribution is 2.33. The number of thiophene rings is 1. The van der Waals surface area contributed by atoms with Gasteiger partial charge in [-0.1, -0.05) is 29.5 Å². The summed E-state index contributed by atoms with van der Waals surface area (Å²) in [5.41, 5.74) is 1.81. The molecule has 3 heterocycles. The number of halogens is 1. The van der Waals surface area contributed by atoms with E-state index in [9.17, 15) is 9.59 Å². The smallest absolute Gasteiger partial charge is 0.338 e. The van der Waals surface area contributed by atoms with Crippen LogP contribution in [0.2, 0.25) is 0 Å².